The van der Waals surface area contributed by atoms with E-state index in [1.165, 1.54) is 0 Å². The Balaban J connectivity index is 1.98. The molecule has 18 heavy (non-hydrogen) atoms. The van der Waals surface area contributed by atoms with Crippen molar-refractivity contribution in [2.75, 3.05) is 13.2 Å². The number of carbonyl (C=O) groups is 1. The number of nitrogens with one attached hydrogen (secondary N) is 1. The molecule has 1 amide bonds. The van der Waals surface area contributed by atoms with Gasteiger partial charge in [0.05, 0.1) is 15.6 Å². The Morgan fingerprint density at radius 3 is 2.72 bits per heavy atom. The third-order valence-corrected chi connectivity index (χ3v) is 4.24. The normalized spacial score (nSPS) is 16.4. The number of halogens is 2. The standard InChI is InChI=1S/C13H15Cl2NO2/c14-10-3-1-2-9(11(10)15)12(18)16-8-13(4-5-13)6-7-17/h1-3,17H,4-8H2,(H,16,18). The molecule has 2 N–H and O–H groups in total. The average molecular weight is 288 g/mol. The predicted molar refractivity (Wildman–Crippen MR) is 72.2 cm³/mol. The van der Waals surface area contributed by atoms with Crippen molar-refractivity contribution in [1.29, 1.82) is 0 Å². The Morgan fingerprint density at radius 1 is 1.39 bits per heavy atom. The Labute approximate surface area is 116 Å². The molecule has 1 saturated carbocycles. The molecule has 0 aromatic heterocycles. The maximum Gasteiger partial charge on any atom is 0.252 e. The second kappa shape index (κ2) is 5.47. The summed E-state index contributed by atoms with van der Waals surface area (Å²) in [5.41, 5.74) is 0.485. The van der Waals surface area contributed by atoms with Crippen molar-refractivity contribution in [2.45, 2.75) is 19.3 Å². The fourth-order valence-electron chi connectivity index (χ4n) is 1.97. The minimum absolute atomic E-state index is 0.0927. The van der Waals surface area contributed by atoms with Crippen molar-refractivity contribution in [3.8, 4) is 0 Å². The Kier molecular flexibility index (Phi) is 4.15. The van der Waals surface area contributed by atoms with Gasteiger partial charge in [-0.25, -0.2) is 0 Å². The van der Waals surface area contributed by atoms with E-state index in [0.717, 1.165) is 19.3 Å². The Hall–Kier alpha value is -0.770. The molecule has 98 valence electrons. The molecule has 0 spiro atoms. The topological polar surface area (TPSA) is 49.3 Å². The fourth-order valence-corrected chi connectivity index (χ4v) is 2.36. The quantitative estimate of drug-likeness (QED) is 0.875. The first-order chi connectivity index (χ1) is 8.58. The number of amides is 1. The number of aliphatic hydroxyl groups is 1. The number of rotatable bonds is 5. The van der Waals surface area contributed by atoms with E-state index in [1.54, 1.807) is 18.2 Å². The highest BCUT2D eigenvalue weighted by molar-refractivity contribution is 6.43. The van der Waals surface area contributed by atoms with Crippen molar-refractivity contribution < 1.29 is 9.90 Å². The van der Waals surface area contributed by atoms with Crippen LogP contribution in [-0.2, 0) is 0 Å². The summed E-state index contributed by atoms with van der Waals surface area (Å²) >= 11 is 11.8. The zero-order valence-electron chi connectivity index (χ0n) is 9.88. The van der Waals surface area contributed by atoms with Crippen LogP contribution < -0.4 is 5.32 Å². The summed E-state index contributed by atoms with van der Waals surface area (Å²) in [6, 6.07) is 4.99. The monoisotopic (exact) mass is 287 g/mol. The second-order valence-electron chi connectivity index (χ2n) is 4.76. The number of hydrogen-bond acceptors (Lipinski definition) is 2. The minimum atomic E-state index is -0.216. The molecule has 1 aromatic carbocycles. The third-order valence-electron chi connectivity index (χ3n) is 3.42. The van der Waals surface area contributed by atoms with Gasteiger partial charge in [-0.3, -0.25) is 4.79 Å². The lowest BCUT2D eigenvalue weighted by atomic mass is 10.0. The average Bonchev–Trinajstić information content (AvgIpc) is 3.11. The Bertz CT molecular complexity index is 458. The summed E-state index contributed by atoms with van der Waals surface area (Å²) < 4.78 is 0. The van der Waals surface area contributed by atoms with E-state index >= 15 is 0 Å². The van der Waals surface area contributed by atoms with Crippen LogP contribution >= 0.6 is 23.2 Å². The van der Waals surface area contributed by atoms with Gasteiger partial charge < -0.3 is 10.4 Å². The van der Waals surface area contributed by atoms with Crippen LogP contribution in [0.15, 0.2) is 18.2 Å². The molecule has 2 rings (SSSR count). The molecule has 0 bridgehead atoms. The van der Waals surface area contributed by atoms with E-state index < -0.39 is 0 Å². The van der Waals surface area contributed by atoms with Crippen LogP contribution in [0, 0.1) is 5.41 Å². The first-order valence-corrected chi connectivity index (χ1v) is 6.67. The van der Waals surface area contributed by atoms with Crippen LogP contribution in [0.3, 0.4) is 0 Å². The molecule has 1 aliphatic rings. The first kappa shape index (κ1) is 13.7. The summed E-state index contributed by atoms with van der Waals surface area (Å²) in [5, 5.41) is 12.5. The summed E-state index contributed by atoms with van der Waals surface area (Å²) in [4.78, 5) is 12.0. The van der Waals surface area contributed by atoms with E-state index in [4.69, 9.17) is 28.3 Å². The van der Waals surface area contributed by atoms with Gasteiger partial charge in [-0.2, -0.15) is 0 Å². The molecule has 3 nitrogen and oxygen atoms in total. The van der Waals surface area contributed by atoms with Crippen LogP contribution in [0.4, 0.5) is 0 Å². The lowest BCUT2D eigenvalue weighted by molar-refractivity contribution is 0.0941. The zero-order valence-corrected chi connectivity index (χ0v) is 11.4. The summed E-state index contributed by atoms with van der Waals surface area (Å²) in [6.07, 6.45) is 2.84. The first-order valence-electron chi connectivity index (χ1n) is 5.91. The van der Waals surface area contributed by atoms with Gasteiger partial charge in [-0.1, -0.05) is 29.3 Å². The molecule has 0 unspecified atom stereocenters. The van der Waals surface area contributed by atoms with E-state index in [-0.39, 0.29) is 23.0 Å². The Morgan fingerprint density at radius 2 is 2.11 bits per heavy atom. The number of carbonyl (C=O) groups excluding carboxylic acids is 1. The van der Waals surface area contributed by atoms with E-state index in [0.29, 0.717) is 17.1 Å². The smallest absolute Gasteiger partial charge is 0.252 e. The molecule has 0 heterocycles. The maximum absolute atomic E-state index is 12.0. The molecule has 0 atom stereocenters. The van der Waals surface area contributed by atoms with Crippen molar-refractivity contribution in [3.05, 3.63) is 33.8 Å². The highest BCUT2D eigenvalue weighted by Crippen LogP contribution is 2.47. The van der Waals surface area contributed by atoms with Crippen molar-refractivity contribution in [3.63, 3.8) is 0 Å². The highest BCUT2D eigenvalue weighted by atomic mass is 35.5. The molecular formula is C13H15Cl2NO2. The molecule has 1 aromatic rings. The van der Waals surface area contributed by atoms with Crippen LogP contribution in [0.2, 0.25) is 10.0 Å². The zero-order chi connectivity index (χ0) is 13.2. The van der Waals surface area contributed by atoms with Crippen molar-refractivity contribution in [2.24, 2.45) is 5.41 Å². The van der Waals surface area contributed by atoms with Crippen molar-refractivity contribution in [1.82, 2.24) is 5.32 Å². The fraction of sp³-hybridized carbons (Fsp3) is 0.462. The predicted octanol–water partition coefficient (Wildman–Crippen LogP) is 2.89. The van der Waals surface area contributed by atoms with E-state index in [2.05, 4.69) is 5.32 Å². The summed E-state index contributed by atoms with van der Waals surface area (Å²) in [6.45, 7) is 0.739. The van der Waals surface area contributed by atoms with Crippen LogP contribution in [-0.4, -0.2) is 24.2 Å². The van der Waals surface area contributed by atoms with Crippen molar-refractivity contribution >= 4 is 29.1 Å². The lowest BCUT2D eigenvalue weighted by Gasteiger charge is -2.15. The second-order valence-corrected chi connectivity index (χ2v) is 5.54. The van der Waals surface area contributed by atoms with Gasteiger partial charge in [0.1, 0.15) is 0 Å². The molecule has 5 heteroatoms. The van der Waals surface area contributed by atoms with Crippen LogP contribution in [0.25, 0.3) is 0 Å². The largest absolute Gasteiger partial charge is 0.396 e. The number of benzene rings is 1. The van der Waals surface area contributed by atoms with Gasteiger partial charge in [0, 0.05) is 13.2 Å². The van der Waals surface area contributed by atoms with Gasteiger partial charge in [0.15, 0.2) is 0 Å². The lowest BCUT2D eigenvalue weighted by Crippen LogP contribution is -2.30. The maximum atomic E-state index is 12.0. The van der Waals surface area contributed by atoms with Crippen LogP contribution in [0.5, 0.6) is 0 Å². The molecule has 0 aliphatic heterocycles. The van der Waals surface area contributed by atoms with Gasteiger partial charge in [-0.15, -0.1) is 0 Å². The number of aliphatic hydroxyl groups excluding tert-OH is 1. The van der Waals surface area contributed by atoms with E-state index in [1.807, 2.05) is 0 Å². The van der Waals surface area contributed by atoms with Gasteiger partial charge in [0.2, 0.25) is 0 Å². The summed E-state index contributed by atoms with van der Waals surface area (Å²) in [5.74, 6) is -0.216. The van der Waals surface area contributed by atoms with Gasteiger partial charge in [-0.05, 0) is 36.8 Å². The molecule has 0 radical (unpaired) electrons. The number of hydrogen-bond donors (Lipinski definition) is 2. The molecule has 0 saturated heterocycles. The van der Waals surface area contributed by atoms with Crippen LogP contribution in [0.1, 0.15) is 29.6 Å². The third kappa shape index (κ3) is 2.97. The van der Waals surface area contributed by atoms with Gasteiger partial charge in [0.25, 0.3) is 5.91 Å². The highest BCUT2D eigenvalue weighted by Gasteiger charge is 2.41. The minimum Gasteiger partial charge on any atom is -0.396 e. The molecular weight excluding hydrogens is 273 g/mol. The SMILES string of the molecule is O=C(NCC1(CCO)CC1)c1cccc(Cl)c1Cl. The van der Waals surface area contributed by atoms with E-state index in [9.17, 15) is 4.79 Å². The molecule has 1 fully saturated rings. The van der Waals surface area contributed by atoms with Gasteiger partial charge >= 0.3 is 0 Å². The summed E-state index contributed by atoms with van der Waals surface area (Å²) in [7, 11) is 0. The molecule has 1 aliphatic carbocycles.